The topological polar surface area (TPSA) is 50.4 Å². The number of aliphatic imine (C=N–C) groups is 1. The molecule has 3 heteroatoms. The Morgan fingerprint density at radius 3 is 2.69 bits per heavy atom. The van der Waals surface area contributed by atoms with Gasteiger partial charge < -0.3 is 11.1 Å². The van der Waals surface area contributed by atoms with Crippen LogP contribution >= 0.6 is 0 Å². The minimum absolute atomic E-state index is 0.468. The van der Waals surface area contributed by atoms with Crippen molar-refractivity contribution < 1.29 is 0 Å². The molecular weight excluding hydrogens is 162 g/mol. The molecule has 74 valence electrons. The summed E-state index contributed by atoms with van der Waals surface area (Å²) in [6, 6.07) is 0.468. The Bertz CT molecular complexity index is 198. The summed E-state index contributed by atoms with van der Waals surface area (Å²) in [5.74, 6) is 1.16. The molecule has 0 spiro atoms. The average molecular weight is 181 g/mol. The van der Waals surface area contributed by atoms with Crippen LogP contribution in [0.25, 0.3) is 0 Å². The first-order valence-corrected chi connectivity index (χ1v) is 4.90. The minimum Gasteiger partial charge on any atom is -0.370 e. The van der Waals surface area contributed by atoms with E-state index >= 15 is 0 Å². The molecule has 0 radical (unpaired) electrons. The fourth-order valence-corrected chi connectivity index (χ4v) is 1.27. The molecule has 0 heterocycles. The van der Waals surface area contributed by atoms with Crippen molar-refractivity contribution >= 4 is 5.96 Å². The van der Waals surface area contributed by atoms with E-state index < -0.39 is 0 Å². The van der Waals surface area contributed by atoms with Gasteiger partial charge in [0.05, 0.1) is 0 Å². The molecule has 0 unspecified atom stereocenters. The van der Waals surface area contributed by atoms with Crippen molar-refractivity contribution in [3.63, 3.8) is 0 Å². The summed E-state index contributed by atoms with van der Waals surface area (Å²) in [5.41, 5.74) is 5.71. The van der Waals surface area contributed by atoms with Crippen molar-refractivity contribution in [2.45, 2.75) is 32.7 Å². The Morgan fingerprint density at radius 1 is 1.54 bits per heavy atom. The summed E-state index contributed by atoms with van der Waals surface area (Å²) >= 11 is 0. The van der Waals surface area contributed by atoms with Crippen LogP contribution in [0.5, 0.6) is 0 Å². The zero-order chi connectivity index (χ0) is 9.68. The van der Waals surface area contributed by atoms with E-state index in [-0.39, 0.29) is 0 Å². The van der Waals surface area contributed by atoms with E-state index in [2.05, 4.69) is 36.3 Å². The highest BCUT2D eigenvalue weighted by molar-refractivity contribution is 5.78. The molecule has 0 fully saturated rings. The number of nitrogens with two attached hydrogens (primary N) is 1. The fraction of sp³-hybridized carbons (Fsp3) is 0.700. The highest BCUT2D eigenvalue weighted by Gasteiger charge is 2.09. The van der Waals surface area contributed by atoms with Crippen LogP contribution in [0.15, 0.2) is 17.1 Å². The third-order valence-corrected chi connectivity index (χ3v) is 1.99. The first-order chi connectivity index (χ1) is 6.18. The van der Waals surface area contributed by atoms with Gasteiger partial charge in [0.2, 0.25) is 0 Å². The lowest BCUT2D eigenvalue weighted by atomic mass is 10.2. The normalized spacial score (nSPS) is 18.5. The zero-order valence-corrected chi connectivity index (χ0v) is 8.46. The molecule has 3 N–H and O–H groups in total. The van der Waals surface area contributed by atoms with E-state index in [9.17, 15) is 0 Å². The zero-order valence-electron chi connectivity index (χ0n) is 8.46. The molecule has 1 aliphatic carbocycles. The maximum atomic E-state index is 5.71. The number of nitrogens with one attached hydrogen (secondary N) is 1. The molecule has 0 aromatic heterocycles. The van der Waals surface area contributed by atoms with Gasteiger partial charge in [0, 0.05) is 12.6 Å². The molecule has 1 aliphatic rings. The molecule has 0 aromatic rings. The van der Waals surface area contributed by atoms with Gasteiger partial charge in [-0.3, -0.25) is 4.99 Å². The van der Waals surface area contributed by atoms with Gasteiger partial charge in [-0.15, -0.1) is 0 Å². The van der Waals surface area contributed by atoms with E-state index in [1.807, 2.05) is 0 Å². The summed E-state index contributed by atoms with van der Waals surface area (Å²) in [6.45, 7) is 5.07. The molecule has 13 heavy (non-hydrogen) atoms. The number of nitrogens with zero attached hydrogens (tertiary/aromatic N) is 1. The van der Waals surface area contributed by atoms with E-state index in [0.29, 0.717) is 17.9 Å². The second-order valence-electron chi connectivity index (χ2n) is 3.90. The Hall–Kier alpha value is -0.990. The molecular formula is C10H19N3. The van der Waals surface area contributed by atoms with Crippen molar-refractivity contribution in [1.29, 1.82) is 0 Å². The summed E-state index contributed by atoms with van der Waals surface area (Å²) < 4.78 is 0. The van der Waals surface area contributed by atoms with Crippen molar-refractivity contribution in [3.05, 3.63) is 12.2 Å². The Balaban J connectivity index is 2.23. The van der Waals surface area contributed by atoms with Crippen LogP contribution in [-0.4, -0.2) is 18.5 Å². The largest absolute Gasteiger partial charge is 0.370 e. The average Bonchev–Trinajstić information content (AvgIpc) is 2.53. The third kappa shape index (κ3) is 3.97. The molecule has 0 saturated heterocycles. The van der Waals surface area contributed by atoms with Crippen LogP contribution in [0.3, 0.4) is 0 Å². The van der Waals surface area contributed by atoms with E-state index in [1.165, 1.54) is 0 Å². The van der Waals surface area contributed by atoms with Gasteiger partial charge in [-0.2, -0.15) is 0 Å². The SMILES string of the molecule is CC(C)CN=C(N)NC1CC=CC1. The van der Waals surface area contributed by atoms with Gasteiger partial charge in [0.1, 0.15) is 0 Å². The van der Waals surface area contributed by atoms with Gasteiger partial charge in [-0.1, -0.05) is 26.0 Å². The predicted octanol–water partition coefficient (Wildman–Crippen LogP) is 1.27. The summed E-state index contributed by atoms with van der Waals surface area (Å²) in [4.78, 5) is 4.24. The first-order valence-electron chi connectivity index (χ1n) is 4.90. The predicted molar refractivity (Wildman–Crippen MR) is 56.6 cm³/mol. The maximum Gasteiger partial charge on any atom is 0.188 e. The Labute approximate surface area is 80.1 Å². The molecule has 0 bridgehead atoms. The summed E-state index contributed by atoms with van der Waals surface area (Å²) in [5, 5.41) is 3.20. The van der Waals surface area contributed by atoms with E-state index in [4.69, 9.17) is 5.73 Å². The number of guanidine groups is 1. The molecule has 0 saturated carbocycles. The highest BCUT2D eigenvalue weighted by atomic mass is 15.1. The van der Waals surface area contributed by atoms with Gasteiger partial charge in [0.15, 0.2) is 5.96 Å². The van der Waals surface area contributed by atoms with Crippen molar-refractivity contribution in [3.8, 4) is 0 Å². The smallest absolute Gasteiger partial charge is 0.188 e. The number of hydrogen-bond acceptors (Lipinski definition) is 1. The lowest BCUT2D eigenvalue weighted by Gasteiger charge is -2.12. The van der Waals surface area contributed by atoms with E-state index in [0.717, 1.165) is 19.4 Å². The summed E-state index contributed by atoms with van der Waals surface area (Å²) in [6.07, 6.45) is 6.48. The van der Waals surface area contributed by atoms with Crippen molar-refractivity contribution in [1.82, 2.24) is 5.32 Å². The van der Waals surface area contributed by atoms with E-state index in [1.54, 1.807) is 0 Å². The summed E-state index contributed by atoms with van der Waals surface area (Å²) in [7, 11) is 0. The van der Waals surface area contributed by atoms with Gasteiger partial charge in [-0.25, -0.2) is 0 Å². The van der Waals surface area contributed by atoms with Crippen molar-refractivity contribution in [2.75, 3.05) is 6.54 Å². The number of hydrogen-bond donors (Lipinski definition) is 2. The fourth-order valence-electron chi connectivity index (χ4n) is 1.27. The monoisotopic (exact) mass is 181 g/mol. The quantitative estimate of drug-likeness (QED) is 0.391. The third-order valence-electron chi connectivity index (χ3n) is 1.99. The molecule has 1 rings (SSSR count). The first kappa shape index (κ1) is 10.1. The molecule has 0 atom stereocenters. The molecule has 3 nitrogen and oxygen atoms in total. The minimum atomic E-state index is 0.468. The van der Waals surface area contributed by atoms with Crippen LogP contribution in [0, 0.1) is 5.92 Å². The number of rotatable bonds is 3. The van der Waals surface area contributed by atoms with Gasteiger partial charge in [0.25, 0.3) is 0 Å². The Kier molecular flexibility index (Phi) is 3.80. The van der Waals surface area contributed by atoms with Gasteiger partial charge >= 0.3 is 0 Å². The highest BCUT2D eigenvalue weighted by Crippen LogP contribution is 2.08. The second kappa shape index (κ2) is 4.90. The van der Waals surface area contributed by atoms with Gasteiger partial charge in [-0.05, 0) is 18.8 Å². The standard InChI is InChI=1S/C10H19N3/c1-8(2)7-12-10(11)13-9-5-3-4-6-9/h3-4,8-9H,5-7H2,1-2H3,(H3,11,12,13). The molecule has 0 aliphatic heterocycles. The van der Waals surface area contributed by atoms with Crippen LogP contribution in [0.2, 0.25) is 0 Å². The van der Waals surface area contributed by atoms with Crippen LogP contribution in [0.1, 0.15) is 26.7 Å². The lowest BCUT2D eigenvalue weighted by molar-refractivity contribution is 0.630. The molecule has 0 aromatic carbocycles. The van der Waals surface area contributed by atoms with Crippen molar-refractivity contribution in [2.24, 2.45) is 16.6 Å². The molecule has 0 amide bonds. The lowest BCUT2D eigenvalue weighted by Crippen LogP contribution is -2.38. The van der Waals surface area contributed by atoms with Crippen LogP contribution in [-0.2, 0) is 0 Å². The maximum absolute atomic E-state index is 5.71. The van der Waals surface area contributed by atoms with Crippen LogP contribution < -0.4 is 11.1 Å². The van der Waals surface area contributed by atoms with Crippen LogP contribution in [0.4, 0.5) is 0 Å². The second-order valence-corrected chi connectivity index (χ2v) is 3.90. The Morgan fingerprint density at radius 2 is 2.15 bits per heavy atom.